The van der Waals surface area contributed by atoms with Crippen LogP contribution >= 0.6 is 0 Å². The van der Waals surface area contributed by atoms with Crippen molar-refractivity contribution in [2.45, 2.75) is 129 Å². The minimum absolute atomic E-state index is 0.104. The highest BCUT2D eigenvalue weighted by molar-refractivity contribution is 5.87. The quantitative estimate of drug-likeness (QED) is 0.0505. The van der Waals surface area contributed by atoms with E-state index < -0.39 is 24.5 Å². The first-order chi connectivity index (χ1) is 20.8. The largest absolute Gasteiger partial charge is 0.480 e. The number of carbonyl (C=O) groups excluding carboxylic acids is 3. The van der Waals surface area contributed by atoms with Crippen molar-refractivity contribution < 1.29 is 34.1 Å². The molecule has 0 saturated heterocycles. The van der Waals surface area contributed by atoms with Crippen LogP contribution in [-0.4, -0.2) is 59.3 Å². The minimum Gasteiger partial charge on any atom is -0.480 e. The molecular weight excluding hydrogens is 548 g/mol. The highest BCUT2D eigenvalue weighted by Gasteiger charge is 2.19. The van der Waals surface area contributed by atoms with Gasteiger partial charge in [-0.05, 0) is 70.6 Å². The summed E-state index contributed by atoms with van der Waals surface area (Å²) < 4.78 is 5.76. The van der Waals surface area contributed by atoms with Crippen LogP contribution in [0.3, 0.4) is 0 Å². The molecule has 9 heteroatoms. The Labute approximate surface area is 258 Å². The number of aliphatic hydroxyl groups is 1. The number of nitrogens with one attached hydrogen (secondary N) is 2. The molecule has 43 heavy (non-hydrogen) atoms. The van der Waals surface area contributed by atoms with Crippen molar-refractivity contribution in [1.29, 1.82) is 0 Å². The first-order valence-corrected chi connectivity index (χ1v) is 16.0. The van der Waals surface area contributed by atoms with Gasteiger partial charge in [-0.15, -0.1) is 0 Å². The zero-order valence-corrected chi connectivity index (χ0v) is 26.4. The van der Waals surface area contributed by atoms with Gasteiger partial charge in [0.2, 0.25) is 11.8 Å². The Morgan fingerprint density at radius 2 is 1.33 bits per heavy atom. The Hall–Kier alpha value is -3.20. The van der Waals surface area contributed by atoms with Crippen molar-refractivity contribution in [3.05, 3.63) is 48.6 Å². The summed E-state index contributed by atoms with van der Waals surface area (Å²) in [5.74, 6) is -2.46. The van der Waals surface area contributed by atoms with Gasteiger partial charge in [0.1, 0.15) is 12.1 Å². The zero-order chi connectivity index (χ0) is 32.0. The van der Waals surface area contributed by atoms with Gasteiger partial charge in [-0.3, -0.25) is 14.4 Å². The van der Waals surface area contributed by atoms with E-state index in [4.69, 9.17) is 14.9 Å². The van der Waals surface area contributed by atoms with Crippen LogP contribution < -0.4 is 10.6 Å². The van der Waals surface area contributed by atoms with Crippen LogP contribution in [0.5, 0.6) is 0 Å². The van der Waals surface area contributed by atoms with Crippen LogP contribution in [0, 0.1) is 0 Å². The van der Waals surface area contributed by atoms with Crippen LogP contribution in [0.25, 0.3) is 0 Å². The number of ether oxygens (including phenoxy) is 1. The number of carboxylic acid groups (broad SMARTS) is 1. The molecule has 0 aliphatic rings. The van der Waals surface area contributed by atoms with Crippen LogP contribution in [0.2, 0.25) is 0 Å². The summed E-state index contributed by atoms with van der Waals surface area (Å²) in [6, 6.07) is -1.39. The Balaban J connectivity index is 4.04. The summed E-state index contributed by atoms with van der Waals surface area (Å²) in [5, 5.41) is 22.3. The number of carbonyl (C=O) groups is 4. The molecule has 9 nitrogen and oxygen atoms in total. The van der Waals surface area contributed by atoms with E-state index in [9.17, 15) is 19.2 Å². The smallest absolute Gasteiger partial charge is 0.328 e. The maximum Gasteiger partial charge on any atom is 0.328 e. The maximum absolute atomic E-state index is 12.4. The van der Waals surface area contributed by atoms with E-state index in [0.717, 1.165) is 83.5 Å². The Morgan fingerprint density at radius 3 is 1.93 bits per heavy atom. The number of unbranched alkanes of at least 4 members (excludes halogenated alkanes) is 5. The van der Waals surface area contributed by atoms with Crippen molar-refractivity contribution in [3.8, 4) is 0 Å². The zero-order valence-electron chi connectivity index (χ0n) is 26.4. The van der Waals surface area contributed by atoms with Crippen LogP contribution in [0.15, 0.2) is 48.6 Å². The summed E-state index contributed by atoms with van der Waals surface area (Å²) in [6.07, 6.45) is 30.5. The fourth-order valence-electron chi connectivity index (χ4n) is 4.10. The molecule has 0 aromatic carbocycles. The fourth-order valence-corrected chi connectivity index (χ4v) is 4.10. The number of rotatable bonds is 27. The number of hydrogen-bond acceptors (Lipinski definition) is 6. The van der Waals surface area contributed by atoms with Crippen LogP contribution in [0.1, 0.15) is 117 Å². The van der Waals surface area contributed by atoms with Gasteiger partial charge in [0.05, 0.1) is 13.2 Å². The molecule has 0 aromatic rings. The highest BCUT2D eigenvalue weighted by Crippen LogP contribution is 2.16. The van der Waals surface area contributed by atoms with Gasteiger partial charge in [0, 0.05) is 12.8 Å². The van der Waals surface area contributed by atoms with E-state index in [-0.39, 0.29) is 30.9 Å². The number of aliphatic carboxylic acids is 1. The second-order valence-electron chi connectivity index (χ2n) is 10.5. The van der Waals surface area contributed by atoms with Crippen molar-refractivity contribution in [1.82, 2.24) is 10.6 Å². The number of hydrogen-bond donors (Lipinski definition) is 4. The molecule has 0 spiro atoms. The summed E-state index contributed by atoms with van der Waals surface area (Å²) in [7, 11) is 0. The van der Waals surface area contributed by atoms with Crippen molar-refractivity contribution in [3.63, 3.8) is 0 Å². The maximum atomic E-state index is 12.4. The lowest BCUT2D eigenvalue weighted by atomic mass is 10.0. The molecule has 2 atom stereocenters. The topological polar surface area (TPSA) is 142 Å². The van der Waals surface area contributed by atoms with Crippen LogP contribution in [0.4, 0.5) is 0 Å². The highest BCUT2D eigenvalue weighted by atomic mass is 16.5. The monoisotopic (exact) mass is 604 g/mol. The van der Waals surface area contributed by atoms with E-state index in [1.165, 1.54) is 0 Å². The molecule has 0 aromatic heterocycles. The Bertz CT molecular complexity index is 880. The first-order valence-electron chi connectivity index (χ1n) is 16.0. The normalized spacial score (nSPS) is 13.2. The number of allylic oxidation sites excluding steroid dienone is 8. The van der Waals surface area contributed by atoms with E-state index in [1.807, 2.05) is 0 Å². The third kappa shape index (κ3) is 26.2. The molecule has 2 amide bonds. The molecule has 0 fully saturated rings. The van der Waals surface area contributed by atoms with Crippen molar-refractivity contribution in [2.24, 2.45) is 0 Å². The third-order valence-corrected chi connectivity index (χ3v) is 6.59. The van der Waals surface area contributed by atoms with Gasteiger partial charge in [-0.2, -0.15) is 0 Å². The summed E-state index contributed by atoms with van der Waals surface area (Å²) in [6.45, 7) is 3.17. The average Bonchev–Trinajstić information content (AvgIpc) is 2.98. The van der Waals surface area contributed by atoms with Crippen molar-refractivity contribution >= 4 is 23.8 Å². The number of carboxylic acids is 1. The summed E-state index contributed by atoms with van der Waals surface area (Å²) in [4.78, 5) is 46.9. The van der Waals surface area contributed by atoms with E-state index in [2.05, 4.69) is 73.1 Å². The first kappa shape index (κ1) is 39.8. The lowest BCUT2D eigenvalue weighted by Crippen LogP contribution is -2.47. The molecule has 0 aliphatic heterocycles. The minimum atomic E-state index is -1.39. The molecule has 0 aliphatic carbocycles. The Kier molecular flexibility index (Phi) is 26.7. The average molecular weight is 605 g/mol. The molecule has 244 valence electrons. The molecule has 0 bridgehead atoms. The molecule has 0 rings (SSSR count). The van der Waals surface area contributed by atoms with Gasteiger partial charge in [0.15, 0.2) is 0 Å². The van der Waals surface area contributed by atoms with Gasteiger partial charge < -0.3 is 25.6 Å². The lowest BCUT2D eigenvalue weighted by Gasteiger charge is -2.18. The molecule has 4 N–H and O–H groups in total. The summed E-state index contributed by atoms with van der Waals surface area (Å²) in [5.41, 5.74) is 0. The second-order valence-corrected chi connectivity index (χ2v) is 10.5. The van der Waals surface area contributed by atoms with Gasteiger partial charge in [-0.1, -0.05) is 81.7 Å². The Morgan fingerprint density at radius 1 is 0.721 bits per heavy atom. The second kappa shape index (κ2) is 28.9. The van der Waals surface area contributed by atoms with Gasteiger partial charge in [-0.25, -0.2) is 4.79 Å². The summed E-state index contributed by atoms with van der Waals surface area (Å²) >= 11 is 0. The molecule has 0 heterocycles. The van der Waals surface area contributed by atoms with Gasteiger partial charge in [0.25, 0.3) is 0 Å². The third-order valence-electron chi connectivity index (χ3n) is 6.59. The molecule has 2 unspecified atom stereocenters. The van der Waals surface area contributed by atoms with E-state index in [0.29, 0.717) is 12.8 Å². The fraction of sp³-hybridized carbons (Fsp3) is 0.647. The predicted molar refractivity (Wildman–Crippen MR) is 171 cm³/mol. The van der Waals surface area contributed by atoms with Crippen molar-refractivity contribution in [2.75, 3.05) is 13.2 Å². The van der Waals surface area contributed by atoms with Crippen LogP contribution in [-0.2, 0) is 23.9 Å². The predicted octanol–water partition coefficient (Wildman–Crippen LogP) is 6.08. The molecular formula is C34H56N2O7. The number of aliphatic hydroxyl groups excluding tert-OH is 1. The van der Waals surface area contributed by atoms with Gasteiger partial charge >= 0.3 is 11.9 Å². The van der Waals surface area contributed by atoms with E-state index >= 15 is 0 Å². The number of esters is 1. The lowest BCUT2D eigenvalue weighted by molar-refractivity contribution is -0.150. The van der Waals surface area contributed by atoms with E-state index in [1.54, 1.807) is 0 Å². The number of amides is 2. The standard InChI is InChI=1S/C34H56N2O7/c1-3-5-7-8-9-10-11-12-13-14-15-16-17-18-22-26-33(40)43-29(23-6-4-2)24-20-19-21-25-31(38)35-27-32(39)36-30(28-37)34(41)42/h5,7,9-10,12-13,15-16,29-30,37H,3-4,6,8,11,14,17-28H2,1-2H3,(H,35,38)(H,36,39)(H,41,42)/b7-5-,10-9-,13-12-,16-15-. The SMILES string of the molecule is CC/C=C\C/C=C\C/C=C\C/C=C\CCCCC(=O)OC(CCCC)CCCCCC(=O)NCC(=O)NC(CO)C(=O)O. The molecule has 0 radical (unpaired) electrons. The molecule has 0 saturated carbocycles.